The summed E-state index contributed by atoms with van der Waals surface area (Å²) < 4.78 is 6.39. The molecule has 0 spiro atoms. The van der Waals surface area contributed by atoms with Crippen molar-refractivity contribution in [3.63, 3.8) is 0 Å². The van der Waals surface area contributed by atoms with Gasteiger partial charge in [-0.05, 0) is 53.8 Å². The molecule has 21 heavy (non-hydrogen) atoms. The number of rotatable bonds is 5. The molecule has 0 unspecified atom stereocenters. The Morgan fingerprint density at radius 3 is 2.48 bits per heavy atom. The number of carbonyl (C=O) groups excluding carboxylic acids is 2. The lowest BCUT2D eigenvalue weighted by Crippen LogP contribution is -2.21. The van der Waals surface area contributed by atoms with E-state index < -0.39 is 0 Å². The van der Waals surface area contributed by atoms with Gasteiger partial charge in [-0.2, -0.15) is 0 Å². The van der Waals surface area contributed by atoms with Gasteiger partial charge in [-0.1, -0.05) is 24.3 Å². The summed E-state index contributed by atoms with van der Waals surface area (Å²) in [5, 5.41) is 2.77. The minimum absolute atomic E-state index is 0.0939. The lowest BCUT2D eigenvalue weighted by atomic mass is 10.1. The van der Waals surface area contributed by atoms with Gasteiger partial charge in [0, 0.05) is 3.57 Å². The highest BCUT2D eigenvalue weighted by Crippen LogP contribution is 2.19. The summed E-state index contributed by atoms with van der Waals surface area (Å²) in [4.78, 5) is 23.4. The number of carbonyl (C=O) groups is 2. The van der Waals surface area contributed by atoms with Gasteiger partial charge >= 0.3 is 0 Å². The molecule has 0 bridgehead atoms. The van der Waals surface area contributed by atoms with Gasteiger partial charge in [0.1, 0.15) is 5.75 Å². The number of ether oxygens (including phenoxy) is 1. The number of halogens is 1. The number of nitrogens with one attached hydrogen (secondary N) is 1. The van der Waals surface area contributed by atoms with Crippen molar-refractivity contribution in [1.82, 2.24) is 0 Å². The summed E-state index contributed by atoms with van der Waals surface area (Å²) in [7, 11) is 0. The smallest absolute Gasteiger partial charge is 0.262 e. The van der Waals surface area contributed by atoms with Gasteiger partial charge in [-0.3, -0.25) is 9.59 Å². The molecule has 0 atom stereocenters. The molecule has 0 fully saturated rings. The molecule has 0 heterocycles. The van der Waals surface area contributed by atoms with Crippen LogP contribution in [-0.2, 0) is 4.79 Å². The first-order valence-electron chi connectivity index (χ1n) is 6.35. The molecule has 1 amide bonds. The monoisotopic (exact) mass is 395 g/mol. The van der Waals surface area contributed by atoms with E-state index in [4.69, 9.17) is 4.74 Å². The zero-order valence-electron chi connectivity index (χ0n) is 11.4. The highest BCUT2D eigenvalue weighted by Gasteiger charge is 2.10. The van der Waals surface area contributed by atoms with Crippen LogP contribution in [0.3, 0.4) is 0 Å². The third-order valence-corrected chi connectivity index (χ3v) is 3.71. The zero-order valence-corrected chi connectivity index (χ0v) is 13.6. The maximum Gasteiger partial charge on any atom is 0.262 e. The second kappa shape index (κ2) is 7.21. The van der Waals surface area contributed by atoms with Gasteiger partial charge in [0.15, 0.2) is 12.4 Å². The number of Topliss-reactive ketones (excluding diaryl/α,β-unsaturated/α-hetero) is 1. The van der Waals surface area contributed by atoms with Crippen LogP contribution < -0.4 is 10.1 Å². The molecule has 0 aliphatic heterocycles. The fraction of sp³-hybridized carbons (Fsp3) is 0.125. The maximum atomic E-state index is 11.9. The summed E-state index contributed by atoms with van der Waals surface area (Å²) in [6, 6.07) is 14.4. The highest BCUT2D eigenvalue weighted by atomic mass is 127. The number of hydrogen-bond acceptors (Lipinski definition) is 3. The quantitative estimate of drug-likeness (QED) is 0.623. The number of anilines is 1. The molecule has 0 aliphatic carbocycles. The Balaban J connectivity index is 1.99. The van der Waals surface area contributed by atoms with Gasteiger partial charge < -0.3 is 10.1 Å². The van der Waals surface area contributed by atoms with Gasteiger partial charge in [0.2, 0.25) is 0 Å². The van der Waals surface area contributed by atoms with Crippen molar-refractivity contribution in [2.75, 3.05) is 11.9 Å². The summed E-state index contributed by atoms with van der Waals surface area (Å²) in [5.41, 5.74) is 1.21. The normalized spacial score (nSPS) is 10.0. The average Bonchev–Trinajstić information content (AvgIpc) is 2.48. The van der Waals surface area contributed by atoms with Crippen molar-refractivity contribution < 1.29 is 14.3 Å². The fourth-order valence-electron chi connectivity index (χ4n) is 1.78. The molecule has 108 valence electrons. The van der Waals surface area contributed by atoms with Gasteiger partial charge in [-0.15, -0.1) is 0 Å². The molecular weight excluding hydrogens is 381 g/mol. The van der Waals surface area contributed by atoms with Crippen molar-refractivity contribution in [3.8, 4) is 5.75 Å². The molecule has 0 aliphatic rings. The Morgan fingerprint density at radius 1 is 1.10 bits per heavy atom. The van der Waals surface area contributed by atoms with Gasteiger partial charge in [-0.25, -0.2) is 0 Å². The number of ketones is 1. The van der Waals surface area contributed by atoms with E-state index in [1.807, 2.05) is 24.3 Å². The van der Waals surface area contributed by atoms with Crippen LogP contribution in [0.25, 0.3) is 0 Å². The average molecular weight is 395 g/mol. The Hall–Kier alpha value is -1.89. The molecule has 2 rings (SSSR count). The molecule has 0 radical (unpaired) electrons. The van der Waals surface area contributed by atoms with Crippen molar-refractivity contribution in [2.24, 2.45) is 0 Å². The first-order chi connectivity index (χ1) is 10.1. The molecule has 4 nitrogen and oxygen atoms in total. The van der Waals surface area contributed by atoms with Crippen LogP contribution in [0.2, 0.25) is 0 Å². The fourth-order valence-corrected chi connectivity index (χ4v) is 2.30. The first-order valence-corrected chi connectivity index (χ1v) is 7.43. The van der Waals surface area contributed by atoms with Crippen LogP contribution in [0.4, 0.5) is 5.69 Å². The summed E-state index contributed by atoms with van der Waals surface area (Å²) >= 11 is 2.15. The van der Waals surface area contributed by atoms with Crippen LogP contribution in [0, 0.1) is 3.57 Å². The Labute approximate surface area is 136 Å². The predicted molar refractivity (Wildman–Crippen MR) is 89.7 cm³/mol. The van der Waals surface area contributed by atoms with E-state index in [0.29, 0.717) is 11.3 Å². The van der Waals surface area contributed by atoms with Crippen LogP contribution in [0.1, 0.15) is 17.3 Å². The van der Waals surface area contributed by atoms with Crippen molar-refractivity contribution in [2.45, 2.75) is 6.92 Å². The van der Waals surface area contributed by atoms with Crippen molar-refractivity contribution >= 4 is 40.0 Å². The van der Waals surface area contributed by atoms with Crippen LogP contribution >= 0.6 is 22.6 Å². The standard InChI is InChI=1S/C16H14INO3/c1-11(19)12-6-2-5-9-15(12)21-10-16(20)18-14-8-4-3-7-13(14)17/h2-9H,10H2,1H3,(H,18,20). The SMILES string of the molecule is CC(=O)c1ccccc1OCC(=O)Nc1ccccc1I. The molecule has 0 aromatic heterocycles. The summed E-state index contributed by atoms with van der Waals surface area (Å²) in [6.07, 6.45) is 0. The van der Waals surface area contributed by atoms with Crippen LogP contribution in [-0.4, -0.2) is 18.3 Å². The second-order valence-electron chi connectivity index (χ2n) is 4.37. The molecule has 0 saturated carbocycles. The topological polar surface area (TPSA) is 55.4 Å². The first kappa shape index (κ1) is 15.5. The Kier molecular flexibility index (Phi) is 5.32. The Bertz CT molecular complexity index is 670. The summed E-state index contributed by atoms with van der Waals surface area (Å²) in [5.74, 6) is 0.0593. The minimum Gasteiger partial charge on any atom is -0.483 e. The largest absolute Gasteiger partial charge is 0.483 e. The highest BCUT2D eigenvalue weighted by molar-refractivity contribution is 14.1. The Morgan fingerprint density at radius 2 is 1.76 bits per heavy atom. The van der Waals surface area contributed by atoms with Crippen molar-refractivity contribution in [3.05, 3.63) is 57.7 Å². The third-order valence-electron chi connectivity index (χ3n) is 2.77. The lowest BCUT2D eigenvalue weighted by Gasteiger charge is -2.10. The van der Waals surface area contributed by atoms with E-state index in [-0.39, 0.29) is 18.3 Å². The van der Waals surface area contributed by atoms with E-state index >= 15 is 0 Å². The third kappa shape index (κ3) is 4.29. The van der Waals surface area contributed by atoms with E-state index in [1.165, 1.54) is 6.92 Å². The van der Waals surface area contributed by atoms with Crippen LogP contribution in [0.15, 0.2) is 48.5 Å². The molecule has 2 aromatic rings. The number of benzene rings is 2. The van der Waals surface area contributed by atoms with Gasteiger partial charge in [0.05, 0.1) is 11.3 Å². The minimum atomic E-state index is -0.266. The van der Waals surface area contributed by atoms with Gasteiger partial charge in [0.25, 0.3) is 5.91 Å². The van der Waals surface area contributed by atoms with E-state index in [2.05, 4.69) is 27.9 Å². The molecule has 1 N–H and O–H groups in total. The second-order valence-corrected chi connectivity index (χ2v) is 5.53. The van der Waals surface area contributed by atoms with E-state index in [1.54, 1.807) is 24.3 Å². The summed E-state index contributed by atoms with van der Waals surface area (Å²) in [6.45, 7) is 1.32. The zero-order chi connectivity index (χ0) is 15.2. The molecular formula is C16H14INO3. The molecule has 2 aromatic carbocycles. The lowest BCUT2D eigenvalue weighted by molar-refractivity contribution is -0.118. The van der Waals surface area contributed by atoms with E-state index in [9.17, 15) is 9.59 Å². The molecule has 5 heteroatoms. The molecule has 0 saturated heterocycles. The van der Waals surface area contributed by atoms with Crippen molar-refractivity contribution in [1.29, 1.82) is 0 Å². The number of hydrogen-bond donors (Lipinski definition) is 1. The van der Waals surface area contributed by atoms with Crippen LogP contribution in [0.5, 0.6) is 5.75 Å². The number of amides is 1. The number of para-hydroxylation sites is 2. The predicted octanol–water partition coefficient (Wildman–Crippen LogP) is 3.51. The van der Waals surface area contributed by atoms with E-state index in [0.717, 1.165) is 9.26 Å². The maximum absolute atomic E-state index is 11.9.